The van der Waals surface area contributed by atoms with E-state index in [0.29, 0.717) is 42.9 Å². The van der Waals surface area contributed by atoms with Gasteiger partial charge in [0.15, 0.2) is 5.11 Å². The molecule has 0 saturated carbocycles. The van der Waals surface area contributed by atoms with Crippen molar-refractivity contribution in [2.75, 3.05) is 36.9 Å². The number of hydrogen-bond acceptors (Lipinski definition) is 5. The predicted molar refractivity (Wildman–Crippen MR) is 105 cm³/mol. The van der Waals surface area contributed by atoms with E-state index in [1.807, 2.05) is 19.1 Å². The fraction of sp³-hybridized carbons (Fsp3) is 0.294. The maximum absolute atomic E-state index is 12.6. The summed E-state index contributed by atoms with van der Waals surface area (Å²) in [6.07, 6.45) is 1.70. The Bertz CT molecular complexity index is 879. The van der Waals surface area contributed by atoms with Gasteiger partial charge in [0.25, 0.3) is 0 Å². The summed E-state index contributed by atoms with van der Waals surface area (Å²) in [4.78, 5) is 4.44. The second-order valence-electron chi connectivity index (χ2n) is 5.84. The van der Waals surface area contributed by atoms with Crippen LogP contribution >= 0.6 is 12.2 Å². The summed E-state index contributed by atoms with van der Waals surface area (Å²) in [6, 6.07) is 10.3. The summed E-state index contributed by atoms with van der Waals surface area (Å²) in [5.41, 5.74) is 1.76. The van der Waals surface area contributed by atoms with E-state index >= 15 is 0 Å². The Hall–Kier alpha value is -2.07. The average Bonchev–Trinajstić information content (AvgIpc) is 2.63. The molecule has 1 aliphatic rings. The molecular weight excluding hydrogens is 372 g/mol. The van der Waals surface area contributed by atoms with E-state index < -0.39 is 10.0 Å². The molecule has 1 aliphatic heterocycles. The Morgan fingerprint density at radius 1 is 1.15 bits per heavy atom. The Balaban J connectivity index is 1.64. The molecule has 0 bridgehead atoms. The van der Waals surface area contributed by atoms with Crippen molar-refractivity contribution in [3.8, 4) is 0 Å². The highest BCUT2D eigenvalue weighted by molar-refractivity contribution is 7.89. The summed E-state index contributed by atoms with van der Waals surface area (Å²) in [5, 5.41) is 6.40. The number of ether oxygens (including phenoxy) is 1. The van der Waals surface area contributed by atoms with Crippen molar-refractivity contribution in [2.24, 2.45) is 0 Å². The summed E-state index contributed by atoms with van der Waals surface area (Å²) < 4.78 is 31.8. The highest BCUT2D eigenvalue weighted by Crippen LogP contribution is 2.19. The molecule has 138 valence electrons. The number of aromatic nitrogens is 1. The molecule has 26 heavy (non-hydrogen) atoms. The van der Waals surface area contributed by atoms with Gasteiger partial charge in [0.2, 0.25) is 10.0 Å². The highest BCUT2D eigenvalue weighted by atomic mass is 32.2. The predicted octanol–water partition coefficient (Wildman–Crippen LogP) is 2.22. The third-order valence-corrected chi connectivity index (χ3v) is 5.99. The van der Waals surface area contributed by atoms with E-state index in [-0.39, 0.29) is 4.90 Å². The van der Waals surface area contributed by atoms with E-state index in [2.05, 4.69) is 15.6 Å². The fourth-order valence-corrected chi connectivity index (χ4v) is 4.16. The smallest absolute Gasteiger partial charge is 0.243 e. The van der Waals surface area contributed by atoms with Crippen molar-refractivity contribution >= 4 is 38.9 Å². The molecule has 1 saturated heterocycles. The summed E-state index contributed by atoms with van der Waals surface area (Å²) in [7, 11) is -3.49. The first kappa shape index (κ1) is 18.7. The number of hydrogen-bond donors (Lipinski definition) is 2. The van der Waals surface area contributed by atoms with Crippen LogP contribution < -0.4 is 10.6 Å². The van der Waals surface area contributed by atoms with Gasteiger partial charge >= 0.3 is 0 Å². The molecule has 0 unspecified atom stereocenters. The van der Waals surface area contributed by atoms with Crippen LogP contribution in [0.25, 0.3) is 0 Å². The van der Waals surface area contributed by atoms with Gasteiger partial charge in [-0.3, -0.25) is 0 Å². The van der Waals surface area contributed by atoms with Gasteiger partial charge in [-0.1, -0.05) is 0 Å². The Labute approximate surface area is 158 Å². The first-order valence-electron chi connectivity index (χ1n) is 8.14. The zero-order valence-corrected chi connectivity index (χ0v) is 15.9. The lowest BCUT2D eigenvalue weighted by atomic mass is 10.3. The summed E-state index contributed by atoms with van der Waals surface area (Å²) in [6.45, 7) is 3.56. The molecule has 0 spiro atoms. The maximum Gasteiger partial charge on any atom is 0.243 e. The maximum atomic E-state index is 12.6. The molecule has 2 aromatic rings. The minimum absolute atomic E-state index is 0.254. The van der Waals surface area contributed by atoms with Gasteiger partial charge in [-0.15, -0.1) is 0 Å². The number of nitrogens with zero attached hydrogens (tertiary/aromatic N) is 2. The molecule has 0 aliphatic carbocycles. The topological polar surface area (TPSA) is 83.6 Å². The van der Waals surface area contributed by atoms with Crippen LogP contribution in [-0.2, 0) is 14.8 Å². The number of sulfonamides is 1. The molecule has 2 heterocycles. The first-order valence-corrected chi connectivity index (χ1v) is 9.98. The molecule has 2 N–H and O–H groups in total. The number of rotatable bonds is 4. The van der Waals surface area contributed by atoms with Crippen molar-refractivity contribution in [2.45, 2.75) is 11.8 Å². The number of nitrogens with one attached hydrogen (secondary N) is 2. The first-order chi connectivity index (χ1) is 12.4. The van der Waals surface area contributed by atoms with Crippen molar-refractivity contribution in [3.63, 3.8) is 0 Å². The lowest BCUT2D eigenvalue weighted by Crippen LogP contribution is -2.40. The average molecular weight is 393 g/mol. The number of thiocarbonyl (C=S) groups is 1. The number of anilines is 2. The largest absolute Gasteiger partial charge is 0.379 e. The minimum Gasteiger partial charge on any atom is -0.379 e. The molecule has 9 heteroatoms. The van der Waals surface area contributed by atoms with Gasteiger partial charge in [-0.25, -0.2) is 13.4 Å². The Morgan fingerprint density at radius 2 is 1.85 bits per heavy atom. The lowest BCUT2D eigenvalue weighted by Gasteiger charge is -2.26. The second kappa shape index (κ2) is 8.09. The van der Waals surface area contributed by atoms with Crippen LogP contribution in [-0.4, -0.2) is 49.1 Å². The zero-order chi connectivity index (χ0) is 18.6. The summed E-state index contributed by atoms with van der Waals surface area (Å²) >= 11 is 5.27. The van der Waals surface area contributed by atoms with Crippen molar-refractivity contribution in [3.05, 3.63) is 48.2 Å². The molecule has 7 nitrogen and oxygen atoms in total. The van der Waals surface area contributed by atoms with E-state index in [4.69, 9.17) is 17.0 Å². The third kappa shape index (κ3) is 4.55. The van der Waals surface area contributed by atoms with Crippen molar-refractivity contribution < 1.29 is 13.2 Å². The number of morpholine rings is 1. The molecule has 0 radical (unpaired) electrons. The normalized spacial score (nSPS) is 15.4. The molecule has 1 aromatic carbocycles. The van der Waals surface area contributed by atoms with Gasteiger partial charge in [0.05, 0.1) is 18.1 Å². The molecule has 3 rings (SSSR count). The Kier molecular flexibility index (Phi) is 5.82. The van der Waals surface area contributed by atoms with Gasteiger partial charge in [-0.2, -0.15) is 4.31 Å². The Morgan fingerprint density at radius 3 is 2.50 bits per heavy atom. The lowest BCUT2D eigenvalue weighted by molar-refractivity contribution is 0.0730. The molecular formula is C17H20N4O3S2. The quantitative estimate of drug-likeness (QED) is 0.772. The third-order valence-electron chi connectivity index (χ3n) is 3.88. The van der Waals surface area contributed by atoms with E-state index in [1.165, 1.54) is 4.31 Å². The second-order valence-corrected chi connectivity index (χ2v) is 8.18. The highest BCUT2D eigenvalue weighted by Gasteiger charge is 2.26. The monoisotopic (exact) mass is 392 g/mol. The molecule has 1 aromatic heterocycles. The summed E-state index contributed by atoms with van der Waals surface area (Å²) in [5.74, 6) is 0.647. The van der Waals surface area contributed by atoms with Gasteiger partial charge < -0.3 is 15.4 Å². The van der Waals surface area contributed by atoms with Crippen LogP contribution in [0.2, 0.25) is 0 Å². The number of aryl methyl sites for hydroxylation is 1. The van der Waals surface area contributed by atoms with Gasteiger partial charge in [0.1, 0.15) is 5.82 Å². The van der Waals surface area contributed by atoms with Crippen molar-refractivity contribution in [1.82, 2.24) is 9.29 Å². The van der Waals surface area contributed by atoms with E-state index in [1.54, 1.807) is 30.5 Å². The zero-order valence-electron chi connectivity index (χ0n) is 14.3. The van der Waals surface area contributed by atoms with E-state index in [9.17, 15) is 8.42 Å². The van der Waals surface area contributed by atoms with Crippen LogP contribution in [0.5, 0.6) is 0 Å². The van der Waals surface area contributed by atoms with Crippen LogP contribution in [0.4, 0.5) is 11.5 Å². The fourth-order valence-electron chi connectivity index (χ4n) is 2.53. The van der Waals surface area contributed by atoms with Crippen LogP contribution in [0, 0.1) is 6.92 Å². The van der Waals surface area contributed by atoms with Gasteiger partial charge in [0, 0.05) is 25.0 Å². The van der Waals surface area contributed by atoms with Crippen LogP contribution in [0.15, 0.2) is 47.5 Å². The minimum atomic E-state index is -3.49. The SMILES string of the molecule is Cc1ccnc(NC(=S)Nc2ccc(S(=O)(=O)N3CCOCC3)cc2)c1. The van der Waals surface area contributed by atoms with Crippen molar-refractivity contribution in [1.29, 1.82) is 0 Å². The number of benzene rings is 1. The van der Waals surface area contributed by atoms with Crippen LogP contribution in [0.3, 0.4) is 0 Å². The van der Waals surface area contributed by atoms with Gasteiger partial charge in [-0.05, 0) is 61.1 Å². The molecule has 0 atom stereocenters. The standard InChI is InChI=1S/C17H20N4O3S2/c1-13-6-7-18-16(12-13)20-17(25)19-14-2-4-15(5-3-14)26(22,23)21-8-10-24-11-9-21/h2-7,12H,8-11H2,1H3,(H2,18,19,20,25). The molecule has 1 fully saturated rings. The van der Waals surface area contributed by atoms with E-state index in [0.717, 1.165) is 5.56 Å². The molecule has 0 amide bonds. The van der Waals surface area contributed by atoms with Crippen LogP contribution in [0.1, 0.15) is 5.56 Å². The number of pyridine rings is 1.